The van der Waals surface area contributed by atoms with E-state index in [1.165, 1.54) is 11.3 Å². The maximum Gasteiger partial charge on any atom is 0.307 e. The lowest BCUT2D eigenvalue weighted by Gasteiger charge is -2.05. The molecular formula is C14H16N2O3S2. The zero-order valence-electron chi connectivity index (χ0n) is 11.6. The van der Waals surface area contributed by atoms with Gasteiger partial charge in [0.25, 0.3) is 5.91 Å². The predicted molar refractivity (Wildman–Crippen MR) is 82.8 cm³/mol. The van der Waals surface area contributed by atoms with E-state index in [2.05, 4.69) is 10.3 Å². The van der Waals surface area contributed by atoms with E-state index in [0.29, 0.717) is 17.9 Å². The average Bonchev–Trinajstić information content (AvgIpc) is 3.11. The summed E-state index contributed by atoms with van der Waals surface area (Å²) >= 11 is 2.93. The van der Waals surface area contributed by atoms with Gasteiger partial charge in [-0.15, -0.1) is 22.7 Å². The van der Waals surface area contributed by atoms with Crippen molar-refractivity contribution in [1.29, 1.82) is 0 Å². The van der Waals surface area contributed by atoms with Crippen molar-refractivity contribution in [2.75, 3.05) is 13.2 Å². The summed E-state index contributed by atoms with van der Waals surface area (Å²) in [5.41, 5.74) is 2.77. The Hall–Kier alpha value is -1.73. The van der Waals surface area contributed by atoms with E-state index in [4.69, 9.17) is 4.74 Å². The van der Waals surface area contributed by atoms with Gasteiger partial charge in [-0.3, -0.25) is 9.59 Å². The topological polar surface area (TPSA) is 68.3 Å². The normalized spacial score (nSPS) is 10.3. The maximum absolute atomic E-state index is 11.6. The third-order valence-electron chi connectivity index (χ3n) is 2.80. The van der Waals surface area contributed by atoms with Crippen molar-refractivity contribution in [2.24, 2.45) is 0 Å². The number of aromatic nitrogens is 1. The van der Waals surface area contributed by atoms with E-state index >= 15 is 0 Å². The molecule has 1 amide bonds. The molecule has 5 nitrogen and oxygen atoms in total. The summed E-state index contributed by atoms with van der Waals surface area (Å²) in [4.78, 5) is 29.1. The van der Waals surface area contributed by atoms with Gasteiger partial charge in [-0.05, 0) is 18.4 Å². The van der Waals surface area contributed by atoms with Crippen LogP contribution in [0.5, 0.6) is 0 Å². The summed E-state index contributed by atoms with van der Waals surface area (Å²) in [7, 11) is 0. The van der Waals surface area contributed by atoms with Crippen LogP contribution in [-0.4, -0.2) is 30.0 Å². The number of ether oxygens (including phenoxy) is 1. The summed E-state index contributed by atoms with van der Waals surface area (Å²) in [5, 5.41) is 4.53. The molecule has 21 heavy (non-hydrogen) atoms. The molecule has 0 bridgehead atoms. The lowest BCUT2D eigenvalue weighted by molar-refractivity contribution is -0.143. The average molecular weight is 324 g/mol. The lowest BCUT2D eigenvalue weighted by Crippen LogP contribution is -2.26. The summed E-state index contributed by atoms with van der Waals surface area (Å²) in [5.74, 6) is -0.457. The minimum Gasteiger partial charge on any atom is -0.465 e. The van der Waals surface area contributed by atoms with Crippen molar-refractivity contribution >= 4 is 34.6 Å². The van der Waals surface area contributed by atoms with Crippen molar-refractivity contribution < 1.29 is 14.3 Å². The van der Waals surface area contributed by atoms with Crippen molar-refractivity contribution in [2.45, 2.75) is 19.8 Å². The van der Waals surface area contributed by atoms with Gasteiger partial charge >= 0.3 is 5.97 Å². The van der Waals surface area contributed by atoms with Gasteiger partial charge < -0.3 is 10.1 Å². The molecule has 0 aliphatic heterocycles. The van der Waals surface area contributed by atoms with E-state index in [-0.39, 0.29) is 24.8 Å². The van der Waals surface area contributed by atoms with E-state index in [9.17, 15) is 9.59 Å². The molecule has 0 saturated carbocycles. The van der Waals surface area contributed by atoms with E-state index < -0.39 is 0 Å². The molecule has 0 unspecified atom stereocenters. The number of esters is 1. The number of nitrogens with zero attached hydrogens (tertiary/aromatic N) is 1. The molecule has 0 aliphatic carbocycles. The molecule has 1 N–H and O–H groups in total. The third kappa shape index (κ3) is 4.95. The first-order valence-corrected chi connectivity index (χ1v) is 8.29. The summed E-state index contributed by atoms with van der Waals surface area (Å²) in [6.45, 7) is 2.57. The zero-order valence-corrected chi connectivity index (χ0v) is 13.3. The standard InChI is InChI=1S/C14H16N2O3S2/c1-10-11(21-9-16-10)5-7-19-13(17)4-6-15-14(18)12-3-2-8-20-12/h2-3,8-9H,4-7H2,1H3,(H,15,18). The maximum atomic E-state index is 11.6. The number of thiophene rings is 1. The number of amides is 1. The molecule has 0 saturated heterocycles. The van der Waals surface area contributed by atoms with Gasteiger partial charge in [0.2, 0.25) is 0 Å². The van der Waals surface area contributed by atoms with Crippen LogP contribution in [0.2, 0.25) is 0 Å². The minimum atomic E-state index is -0.302. The number of hydrogen-bond acceptors (Lipinski definition) is 6. The summed E-state index contributed by atoms with van der Waals surface area (Å²) in [6, 6.07) is 3.56. The molecule has 0 aliphatic rings. The van der Waals surface area contributed by atoms with Crippen molar-refractivity contribution in [3.63, 3.8) is 0 Å². The molecular weight excluding hydrogens is 308 g/mol. The summed E-state index contributed by atoms with van der Waals surface area (Å²) in [6.07, 6.45) is 0.864. The quantitative estimate of drug-likeness (QED) is 0.794. The SMILES string of the molecule is Cc1ncsc1CCOC(=O)CCNC(=O)c1cccs1. The Morgan fingerprint density at radius 1 is 1.38 bits per heavy atom. The van der Waals surface area contributed by atoms with Crippen molar-refractivity contribution in [3.05, 3.63) is 38.5 Å². The third-order valence-corrected chi connectivity index (χ3v) is 4.66. The van der Waals surface area contributed by atoms with Crippen LogP contribution in [0.25, 0.3) is 0 Å². The first-order chi connectivity index (χ1) is 10.2. The Bertz CT molecular complexity index is 593. The first kappa shape index (κ1) is 15.7. The molecule has 0 spiro atoms. The van der Waals surface area contributed by atoms with E-state index in [1.54, 1.807) is 22.9 Å². The molecule has 2 aromatic heterocycles. The number of hydrogen-bond donors (Lipinski definition) is 1. The largest absolute Gasteiger partial charge is 0.465 e. The second-order valence-electron chi connectivity index (χ2n) is 4.31. The van der Waals surface area contributed by atoms with Crippen LogP contribution in [0, 0.1) is 6.92 Å². The molecule has 0 fully saturated rings. The molecule has 2 aromatic rings. The Morgan fingerprint density at radius 2 is 2.24 bits per heavy atom. The van der Waals surface area contributed by atoms with Crippen LogP contribution < -0.4 is 5.32 Å². The van der Waals surface area contributed by atoms with Gasteiger partial charge in [-0.1, -0.05) is 6.07 Å². The molecule has 0 aromatic carbocycles. The highest BCUT2D eigenvalue weighted by Gasteiger charge is 2.08. The fourth-order valence-corrected chi connectivity index (χ4v) is 3.07. The van der Waals surface area contributed by atoms with Gasteiger partial charge in [-0.25, -0.2) is 4.98 Å². The lowest BCUT2D eigenvalue weighted by atomic mass is 10.3. The number of carbonyl (C=O) groups excluding carboxylic acids is 2. The number of aryl methyl sites for hydroxylation is 1. The second kappa shape index (κ2) is 7.90. The highest BCUT2D eigenvalue weighted by molar-refractivity contribution is 7.12. The monoisotopic (exact) mass is 324 g/mol. The Labute approximate surface area is 131 Å². The number of carbonyl (C=O) groups is 2. The first-order valence-electron chi connectivity index (χ1n) is 6.53. The van der Waals surface area contributed by atoms with Crippen LogP contribution in [0.3, 0.4) is 0 Å². The number of rotatable bonds is 7. The van der Waals surface area contributed by atoms with Crippen LogP contribution in [-0.2, 0) is 16.0 Å². The Balaban J connectivity index is 1.60. The predicted octanol–water partition coefficient (Wildman–Crippen LogP) is 2.42. The van der Waals surface area contributed by atoms with Gasteiger partial charge in [0, 0.05) is 17.8 Å². The van der Waals surface area contributed by atoms with Gasteiger partial charge in [0.05, 0.1) is 29.1 Å². The van der Waals surface area contributed by atoms with Gasteiger partial charge in [0.15, 0.2) is 0 Å². The molecule has 112 valence electrons. The molecule has 2 rings (SSSR count). The number of thiazole rings is 1. The second-order valence-corrected chi connectivity index (χ2v) is 6.20. The van der Waals surface area contributed by atoms with Crippen molar-refractivity contribution in [3.8, 4) is 0 Å². The van der Waals surface area contributed by atoms with Gasteiger partial charge in [-0.2, -0.15) is 0 Å². The Kier molecular flexibility index (Phi) is 5.89. The van der Waals surface area contributed by atoms with Crippen LogP contribution in [0.15, 0.2) is 23.0 Å². The smallest absolute Gasteiger partial charge is 0.307 e. The molecule has 2 heterocycles. The molecule has 0 atom stereocenters. The minimum absolute atomic E-state index is 0.155. The zero-order chi connectivity index (χ0) is 15.1. The highest BCUT2D eigenvalue weighted by atomic mass is 32.1. The van der Waals surface area contributed by atoms with E-state index in [1.807, 2.05) is 18.4 Å². The van der Waals surface area contributed by atoms with Crippen LogP contribution in [0.4, 0.5) is 0 Å². The van der Waals surface area contributed by atoms with Gasteiger partial charge in [0.1, 0.15) is 0 Å². The highest BCUT2D eigenvalue weighted by Crippen LogP contribution is 2.12. The Morgan fingerprint density at radius 3 is 2.90 bits per heavy atom. The van der Waals surface area contributed by atoms with Crippen LogP contribution >= 0.6 is 22.7 Å². The number of nitrogens with one attached hydrogen (secondary N) is 1. The van der Waals surface area contributed by atoms with Crippen molar-refractivity contribution in [1.82, 2.24) is 10.3 Å². The fourth-order valence-electron chi connectivity index (χ4n) is 1.67. The molecule has 7 heteroatoms. The molecule has 0 radical (unpaired) electrons. The fraction of sp³-hybridized carbons (Fsp3) is 0.357. The van der Waals surface area contributed by atoms with E-state index in [0.717, 1.165) is 10.6 Å². The summed E-state index contributed by atoms with van der Waals surface area (Å²) < 4.78 is 5.13. The van der Waals surface area contributed by atoms with Crippen LogP contribution in [0.1, 0.15) is 26.7 Å².